The van der Waals surface area contributed by atoms with Gasteiger partial charge in [0.2, 0.25) is 11.6 Å². The second-order valence-electron chi connectivity index (χ2n) is 7.40. The molecule has 7 heteroatoms. The van der Waals surface area contributed by atoms with Gasteiger partial charge in [0.15, 0.2) is 0 Å². The number of nitrogens with zero attached hydrogens (tertiary/aromatic N) is 3. The molecule has 0 radical (unpaired) electrons. The number of allylic oxidation sites excluding steroid dienone is 1. The summed E-state index contributed by atoms with van der Waals surface area (Å²) in [5.41, 5.74) is 2.84. The second-order valence-corrected chi connectivity index (χ2v) is 7.40. The molecule has 2 aromatic carbocycles. The third-order valence-electron chi connectivity index (χ3n) is 5.54. The first-order valence-corrected chi connectivity index (χ1v) is 10.5. The van der Waals surface area contributed by atoms with Gasteiger partial charge in [-0.3, -0.25) is 0 Å². The Labute approximate surface area is 188 Å². The summed E-state index contributed by atoms with van der Waals surface area (Å²) in [7, 11) is 3.18. The van der Waals surface area contributed by atoms with E-state index < -0.39 is 11.8 Å². The molecule has 32 heavy (non-hydrogen) atoms. The van der Waals surface area contributed by atoms with Crippen LogP contribution in [0.15, 0.2) is 61.2 Å². The number of methoxy groups -OCH3 is 2. The van der Waals surface area contributed by atoms with Crippen LogP contribution in [0.3, 0.4) is 0 Å². The Balaban J connectivity index is 1.91. The molecule has 0 saturated heterocycles. The van der Waals surface area contributed by atoms with Gasteiger partial charge in [-0.2, -0.15) is 0 Å². The molecule has 0 atom stereocenters. The minimum atomic E-state index is -0.988. The maximum absolute atomic E-state index is 11.5. The first-order valence-electron chi connectivity index (χ1n) is 10.5. The van der Waals surface area contributed by atoms with Crippen molar-refractivity contribution >= 4 is 5.97 Å². The molecule has 0 aliphatic rings. The van der Waals surface area contributed by atoms with Gasteiger partial charge in [0, 0.05) is 27.1 Å². The summed E-state index contributed by atoms with van der Waals surface area (Å²) in [5, 5.41) is 14.2. The second kappa shape index (κ2) is 10.3. The van der Waals surface area contributed by atoms with Crippen LogP contribution in [0.4, 0.5) is 0 Å². The van der Waals surface area contributed by atoms with Gasteiger partial charge in [-0.15, -0.1) is 11.7 Å². The number of ether oxygens (including phenoxy) is 2. The number of hydrogen-bond acceptors (Lipinski definition) is 5. The van der Waals surface area contributed by atoms with Crippen LogP contribution in [0.25, 0.3) is 11.1 Å². The molecule has 7 nitrogen and oxygen atoms in total. The van der Waals surface area contributed by atoms with Crippen molar-refractivity contribution in [2.75, 3.05) is 14.2 Å². The smallest absolute Gasteiger partial charge is 0.336 e. The van der Waals surface area contributed by atoms with Gasteiger partial charge in [-0.1, -0.05) is 55.5 Å². The van der Waals surface area contributed by atoms with Gasteiger partial charge in [-0.05, 0) is 29.2 Å². The highest BCUT2D eigenvalue weighted by Crippen LogP contribution is 2.28. The summed E-state index contributed by atoms with van der Waals surface area (Å²) in [5.74, 6) is -0.607. The zero-order valence-corrected chi connectivity index (χ0v) is 18.7. The summed E-state index contributed by atoms with van der Waals surface area (Å²) >= 11 is 0. The highest BCUT2D eigenvalue weighted by Gasteiger charge is 2.35. The van der Waals surface area contributed by atoms with Gasteiger partial charge in [0.1, 0.15) is 5.82 Å². The number of aromatic nitrogens is 3. The summed E-state index contributed by atoms with van der Waals surface area (Å²) < 4.78 is 13.1. The van der Waals surface area contributed by atoms with Crippen LogP contribution in [0.1, 0.15) is 47.3 Å². The molecule has 1 heterocycles. The van der Waals surface area contributed by atoms with Crippen LogP contribution in [0.5, 0.6) is 0 Å². The maximum atomic E-state index is 11.5. The van der Waals surface area contributed by atoms with E-state index in [1.165, 1.54) is 0 Å². The van der Waals surface area contributed by atoms with Crippen LogP contribution < -0.4 is 0 Å². The molecule has 0 fully saturated rings. The average Bonchev–Trinajstić information content (AvgIpc) is 3.22. The molecular weight excluding hydrogens is 406 g/mol. The lowest BCUT2D eigenvalue weighted by Crippen LogP contribution is -2.31. The molecule has 0 saturated carbocycles. The number of benzene rings is 2. The van der Waals surface area contributed by atoms with Crippen molar-refractivity contribution in [2.45, 2.75) is 38.5 Å². The van der Waals surface area contributed by atoms with Crippen molar-refractivity contribution in [2.24, 2.45) is 0 Å². The van der Waals surface area contributed by atoms with Crippen LogP contribution in [-0.2, 0) is 28.2 Å². The fourth-order valence-corrected chi connectivity index (χ4v) is 3.68. The van der Waals surface area contributed by atoms with E-state index in [2.05, 4.69) is 6.58 Å². The minimum Gasteiger partial charge on any atom is -0.478 e. The summed E-state index contributed by atoms with van der Waals surface area (Å²) in [6.07, 6.45) is 3.91. The van der Waals surface area contributed by atoms with Gasteiger partial charge in [0.05, 0.1) is 12.1 Å². The number of carboxylic acid groups (broad SMARTS) is 1. The van der Waals surface area contributed by atoms with E-state index in [1.54, 1.807) is 26.4 Å². The largest absolute Gasteiger partial charge is 0.478 e. The van der Waals surface area contributed by atoms with Crippen molar-refractivity contribution in [3.05, 3.63) is 84.0 Å². The maximum Gasteiger partial charge on any atom is 0.336 e. The van der Waals surface area contributed by atoms with Crippen molar-refractivity contribution in [3.63, 3.8) is 0 Å². The van der Waals surface area contributed by atoms with Gasteiger partial charge in [0.25, 0.3) is 0 Å². The lowest BCUT2D eigenvalue weighted by atomic mass is 9.99. The number of carboxylic acids is 1. The molecule has 0 spiro atoms. The first kappa shape index (κ1) is 23.4. The molecule has 3 aromatic rings. The Bertz CT molecular complexity index is 1060. The highest BCUT2D eigenvalue weighted by molar-refractivity contribution is 5.95. The van der Waals surface area contributed by atoms with Crippen LogP contribution >= 0.6 is 0 Å². The van der Waals surface area contributed by atoms with E-state index in [1.807, 2.05) is 54.1 Å². The quantitative estimate of drug-likeness (QED) is 0.348. The van der Waals surface area contributed by atoms with E-state index in [-0.39, 0.29) is 5.56 Å². The first-order chi connectivity index (χ1) is 15.5. The zero-order valence-electron chi connectivity index (χ0n) is 18.7. The Morgan fingerprint density at radius 2 is 1.84 bits per heavy atom. The SMILES string of the molecule is C=CCCc1nc(C(CC)(OC)OC)nn1Cc1ccc(-c2ccccc2C(=O)O)cc1. The lowest BCUT2D eigenvalue weighted by molar-refractivity contribution is -0.222. The third-order valence-corrected chi connectivity index (χ3v) is 5.54. The van der Waals surface area contributed by atoms with Gasteiger partial charge < -0.3 is 14.6 Å². The van der Waals surface area contributed by atoms with Crippen molar-refractivity contribution in [1.29, 1.82) is 0 Å². The monoisotopic (exact) mass is 435 g/mol. The summed E-state index contributed by atoms with van der Waals surface area (Å²) in [6, 6.07) is 14.8. The summed E-state index contributed by atoms with van der Waals surface area (Å²) in [4.78, 5) is 16.3. The zero-order chi connectivity index (χ0) is 23.1. The Hall–Kier alpha value is -3.29. The average molecular weight is 436 g/mol. The molecular formula is C25H29N3O4. The predicted molar refractivity (Wildman–Crippen MR) is 122 cm³/mol. The van der Waals surface area contributed by atoms with Crippen molar-refractivity contribution in [3.8, 4) is 11.1 Å². The number of rotatable bonds is 11. The number of aryl methyl sites for hydroxylation is 1. The molecule has 168 valence electrons. The Morgan fingerprint density at radius 1 is 1.16 bits per heavy atom. The normalized spacial score (nSPS) is 11.5. The third kappa shape index (κ3) is 4.79. The molecule has 1 N–H and O–H groups in total. The molecule has 0 bridgehead atoms. The van der Waals surface area contributed by atoms with E-state index >= 15 is 0 Å². The fourth-order valence-electron chi connectivity index (χ4n) is 3.68. The molecule has 0 aliphatic carbocycles. The van der Waals surface area contributed by atoms with Crippen LogP contribution in [-0.4, -0.2) is 40.1 Å². The standard InChI is InChI=1S/C25H29N3O4/c1-5-7-12-22-26-24(25(6-2,31-3)32-4)27-28(22)17-18-13-15-19(16-14-18)20-10-8-9-11-21(20)23(29)30/h5,8-11,13-16H,1,6-7,12,17H2,2-4H3,(H,29,30). The van der Waals surface area contributed by atoms with Crippen molar-refractivity contribution < 1.29 is 19.4 Å². The molecule has 1 aromatic heterocycles. The number of carbonyl (C=O) groups is 1. The number of aromatic carboxylic acids is 1. The van der Waals surface area contributed by atoms with Crippen molar-refractivity contribution in [1.82, 2.24) is 14.8 Å². The molecule has 0 unspecified atom stereocenters. The van der Waals surface area contributed by atoms with E-state index in [9.17, 15) is 9.90 Å². The minimum absolute atomic E-state index is 0.280. The lowest BCUT2D eigenvalue weighted by Gasteiger charge is -2.26. The van der Waals surface area contributed by atoms with E-state index in [0.717, 1.165) is 23.4 Å². The Morgan fingerprint density at radius 3 is 2.44 bits per heavy atom. The topological polar surface area (TPSA) is 86.5 Å². The molecule has 3 rings (SSSR count). The van der Waals surface area contributed by atoms with Gasteiger partial charge in [-0.25, -0.2) is 14.5 Å². The van der Waals surface area contributed by atoms with E-state index in [0.29, 0.717) is 30.8 Å². The van der Waals surface area contributed by atoms with Crippen LogP contribution in [0, 0.1) is 0 Å². The van der Waals surface area contributed by atoms with Gasteiger partial charge >= 0.3 is 5.97 Å². The van der Waals surface area contributed by atoms with Crippen LogP contribution in [0.2, 0.25) is 0 Å². The Kier molecular flexibility index (Phi) is 7.56. The predicted octanol–water partition coefficient (Wildman–Crippen LogP) is 4.67. The van der Waals surface area contributed by atoms with E-state index in [4.69, 9.17) is 19.6 Å². The fraction of sp³-hybridized carbons (Fsp3) is 0.320. The molecule has 0 amide bonds. The molecule has 0 aliphatic heterocycles. The number of hydrogen-bond donors (Lipinski definition) is 1. The summed E-state index contributed by atoms with van der Waals surface area (Å²) in [6.45, 7) is 6.29. The highest BCUT2D eigenvalue weighted by atomic mass is 16.7.